The van der Waals surface area contributed by atoms with Crippen LogP contribution in [0.1, 0.15) is 5.56 Å². The molecule has 3 nitrogen and oxygen atoms in total. The van der Waals surface area contributed by atoms with Gasteiger partial charge in [0.1, 0.15) is 0 Å². The van der Waals surface area contributed by atoms with Crippen LogP contribution in [-0.4, -0.2) is 17.3 Å². The smallest absolute Gasteiger partial charge is 0.328 e. The maximum atomic E-state index is 10.4. The minimum absolute atomic E-state index is 0.656. The van der Waals surface area contributed by atoms with E-state index in [0.717, 1.165) is 17.3 Å². The Balaban J connectivity index is 2.50. The van der Waals surface area contributed by atoms with Gasteiger partial charge in [0.25, 0.3) is 0 Å². The number of carboxylic acid groups (broad SMARTS) is 1. The van der Waals surface area contributed by atoms with Crippen LogP contribution in [0.5, 0.6) is 0 Å². The van der Waals surface area contributed by atoms with Crippen molar-refractivity contribution in [2.24, 2.45) is 4.99 Å². The third kappa shape index (κ3) is 1.36. The van der Waals surface area contributed by atoms with E-state index < -0.39 is 5.97 Å². The lowest BCUT2D eigenvalue weighted by molar-refractivity contribution is -0.131. The number of para-hydroxylation sites is 1. The highest BCUT2D eigenvalue weighted by molar-refractivity contribution is 6.20. The monoisotopic (exact) mass is 173 g/mol. The van der Waals surface area contributed by atoms with Gasteiger partial charge >= 0.3 is 5.97 Å². The zero-order valence-electron chi connectivity index (χ0n) is 6.77. The van der Waals surface area contributed by atoms with Crippen molar-refractivity contribution in [2.45, 2.75) is 0 Å². The van der Waals surface area contributed by atoms with Crippen LogP contribution in [0.4, 0.5) is 5.69 Å². The molecule has 1 aromatic rings. The molecule has 0 unspecified atom stereocenters. The molecule has 64 valence electrons. The number of nitrogens with zero attached hydrogens (tertiary/aromatic N) is 1. The van der Waals surface area contributed by atoms with E-state index in [4.69, 9.17) is 5.11 Å². The highest BCUT2D eigenvalue weighted by Gasteiger charge is 2.11. The van der Waals surface area contributed by atoms with Gasteiger partial charge in [-0.3, -0.25) is 4.99 Å². The highest BCUT2D eigenvalue weighted by atomic mass is 16.4. The fourth-order valence-electron chi connectivity index (χ4n) is 1.29. The van der Waals surface area contributed by atoms with E-state index in [1.807, 2.05) is 24.3 Å². The predicted octanol–water partition coefficient (Wildman–Crippen LogP) is 1.87. The maximum absolute atomic E-state index is 10.4. The molecule has 0 aromatic heterocycles. The van der Waals surface area contributed by atoms with E-state index >= 15 is 0 Å². The predicted molar refractivity (Wildman–Crippen MR) is 50.2 cm³/mol. The molecule has 2 rings (SSSR count). The van der Waals surface area contributed by atoms with Crippen molar-refractivity contribution in [3.8, 4) is 0 Å². The van der Waals surface area contributed by atoms with Crippen LogP contribution < -0.4 is 0 Å². The minimum Gasteiger partial charge on any atom is -0.478 e. The van der Waals surface area contributed by atoms with Crippen molar-refractivity contribution >= 4 is 23.4 Å². The Morgan fingerprint density at radius 3 is 2.92 bits per heavy atom. The first kappa shape index (κ1) is 7.73. The number of fused-ring (bicyclic) bond motifs is 1. The highest BCUT2D eigenvalue weighted by Crippen LogP contribution is 2.30. The van der Waals surface area contributed by atoms with Crippen LogP contribution in [0.15, 0.2) is 35.3 Å². The molecule has 1 heterocycles. The first-order valence-electron chi connectivity index (χ1n) is 3.85. The summed E-state index contributed by atoms with van der Waals surface area (Å²) in [7, 11) is 0. The van der Waals surface area contributed by atoms with E-state index in [1.54, 1.807) is 6.21 Å². The molecule has 13 heavy (non-hydrogen) atoms. The van der Waals surface area contributed by atoms with E-state index in [1.165, 1.54) is 0 Å². The fraction of sp³-hybridized carbons (Fsp3) is 0. The molecule has 0 spiro atoms. The summed E-state index contributed by atoms with van der Waals surface area (Å²) >= 11 is 0. The van der Waals surface area contributed by atoms with Crippen LogP contribution in [0.25, 0.3) is 5.57 Å². The molecule has 1 N–H and O–H groups in total. The molecule has 0 radical (unpaired) electrons. The Hall–Kier alpha value is -1.90. The Morgan fingerprint density at radius 1 is 1.38 bits per heavy atom. The summed E-state index contributed by atoms with van der Waals surface area (Å²) in [6, 6.07) is 7.45. The summed E-state index contributed by atoms with van der Waals surface area (Å²) < 4.78 is 0. The molecule has 0 bridgehead atoms. The number of aliphatic carboxylic acids is 1. The number of carboxylic acids is 1. The number of benzene rings is 1. The van der Waals surface area contributed by atoms with Crippen molar-refractivity contribution in [2.75, 3.05) is 0 Å². The van der Waals surface area contributed by atoms with Gasteiger partial charge in [-0.15, -0.1) is 0 Å². The van der Waals surface area contributed by atoms with Crippen LogP contribution in [0.3, 0.4) is 0 Å². The lowest BCUT2D eigenvalue weighted by Gasteiger charge is -1.95. The molecular weight excluding hydrogens is 166 g/mol. The Morgan fingerprint density at radius 2 is 2.15 bits per heavy atom. The third-order valence-electron chi connectivity index (χ3n) is 1.84. The Labute approximate surface area is 75.0 Å². The summed E-state index contributed by atoms with van der Waals surface area (Å²) in [6.07, 6.45) is 2.73. The van der Waals surface area contributed by atoms with Gasteiger partial charge in [-0.25, -0.2) is 4.79 Å². The van der Waals surface area contributed by atoms with Crippen molar-refractivity contribution < 1.29 is 9.90 Å². The van der Waals surface area contributed by atoms with Crippen LogP contribution >= 0.6 is 0 Å². The van der Waals surface area contributed by atoms with Gasteiger partial charge in [0.15, 0.2) is 0 Å². The fourth-order valence-corrected chi connectivity index (χ4v) is 1.29. The molecule has 3 heteroatoms. The summed E-state index contributed by atoms with van der Waals surface area (Å²) in [4.78, 5) is 14.5. The van der Waals surface area contributed by atoms with Gasteiger partial charge in [0.05, 0.1) is 5.69 Å². The van der Waals surface area contributed by atoms with Crippen molar-refractivity contribution in [1.29, 1.82) is 0 Å². The zero-order valence-corrected chi connectivity index (χ0v) is 6.77. The molecule has 1 aliphatic rings. The second kappa shape index (κ2) is 2.86. The van der Waals surface area contributed by atoms with Crippen molar-refractivity contribution in [3.63, 3.8) is 0 Å². The van der Waals surface area contributed by atoms with Gasteiger partial charge in [-0.05, 0) is 6.07 Å². The number of hydrogen-bond acceptors (Lipinski definition) is 2. The number of allylic oxidation sites excluding steroid dienone is 1. The van der Waals surface area contributed by atoms with Crippen LogP contribution in [0, 0.1) is 0 Å². The first-order chi connectivity index (χ1) is 6.27. The van der Waals surface area contributed by atoms with Gasteiger partial charge in [0, 0.05) is 23.4 Å². The van der Waals surface area contributed by atoms with Gasteiger partial charge in [-0.1, -0.05) is 18.2 Å². The van der Waals surface area contributed by atoms with Crippen LogP contribution in [0.2, 0.25) is 0 Å². The van der Waals surface area contributed by atoms with Gasteiger partial charge in [-0.2, -0.15) is 0 Å². The number of carbonyl (C=O) groups is 1. The third-order valence-corrected chi connectivity index (χ3v) is 1.84. The van der Waals surface area contributed by atoms with E-state index in [-0.39, 0.29) is 0 Å². The lowest BCUT2D eigenvalue weighted by atomic mass is 10.1. The van der Waals surface area contributed by atoms with E-state index in [0.29, 0.717) is 5.57 Å². The quantitative estimate of drug-likeness (QED) is 0.659. The zero-order chi connectivity index (χ0) is 9.26. The van der Waals surface area contributed by atoms with Gasteiger partial charge in [0.2, 0.25) is 0 Å². The Kier molecular flexibility index (Phi) is 1.70. The number of aliphatic imine (C=N–C) groups is 1. The normalized spacial score (nSPS) is 16.2. The number of rotatable bonds is 1. The molecule has 0 amide bonds. The van der Waals surface area contributed by atoms with Crippen LogP contribution in [-0.2, 0) is 4.79 Å². The molecular formula is C10H7NO2. The average molecular weight is 173 g/mol. The van der Waals surface area contributed by atoms with Crippen molar-refractivity contribution in [1.82, 2.24) is 0 Å². The Bertz CT molecular complexity index is 419. The van der Waals surface area contributed by atoms with Gasteiger partial charge < -0.3 is 5.11 Å². The number of hydrogen-bond donors (Lipinski definition) is 1. The minimum atomic E-state index is -0.946. The summed E-state index contributed by atoms with van der Waals surface area (Å²) in [5.41, 5.74) is 2.36. The molecule has 0 atom stereocenters. The SMILES string of the molecule is O=C(O)/C=C1\C=Nc2ccccc21. The standard InChI is InChI=1S/C10H7NO2/c12-10(13)5-7-6-11-9-4-2-1-3-8(7)9/h1-6H,(H,12,13)/b7-5+. The summed E-state index contributed by atoms with van der Waals surface area (Å²) in [5.74, 6) is -0.946. The second-order valence-corrected chi connectivity index (χ2v) is 2.71. The maximum Gasteiger partial charge on any atom is 0.328 e. The van der Waals surface area contributed by atoms with E-state index in [9.17, 15) is 4.79 Å². The largest absolute Gasteiger partial charge is 0.478 e. The molecule has 0 saturated carbocycles. The summed E-state index contributed by atoms with van der Waals surface area (Å²) in [6.45, 7) is 0. The second-order valence-electron chi connectivity index (χ2n) is 2.71. The first-order valence-corrected chi connectivity index (χ1v) is 3.85. The molecule has 0 saturated heterocycles. The lowest BCUT2D eigenvalue weighted by Crippen LogP contribution is -1.90. The molecule has 0 aliphatic carbocycles. The topological polar surface area (TPSA) is 49.7 Å². The molecule has 1 aliphatic heterocycles. The molecule has 1 aromatic carbocycles. The van der Waals surface area contributed by atoms with E-state index in [2.05, 4.69) is 4.99 Å². The molecule has 0 fully saturated rings. The average Bonchev–Trinajstić information content (AvgIpc) is 2.48. The summed E-state index contributed by atoms with van der Waals surface area (Å²) in [5, 5.41) is 8.56. The van der Waals surface area contributed by atoms with Crippen molar-refractivity contribution in [3.05, 3.63) is 35.9 Å².